The van der Waals surface area contributed by atoms with Gasteiger partial charge in [0.1, 0.15) is 5.69 Å². The summed E-state index contributed by atoms with van der Waals surface area (Å²) in [7, 11) is 0. The van der Waals surface area contributed by atoms with Crippen molar-refractivity contribution in [2.75, 3.05) is 18.0 Å². The third-order valence-electron chi connectivity index (χ3n) is 4.87. The number of hydrogen-bond acceptors (Lipinski definition) is 7. The summed E-state index contributed by atoms with van der Waals surface area (Å²) in [6.45, 7) is 2.01. The fraction of sp³-hybridized carbons (Fsp3) is 0.625. The minimum atomic E-state index is -0.440. The van der Waals surface area contributed by atoms with Crippen molar-refractivity contribution in [2.45, 2.75) is 50.5 Å². The molecule has 0 bridgehead atoms. The van der Waals surface area contributed by atoms with Gasteiger partial charge in [0.25, 0.3) is 5.89 Å². The highest BCUT2D eigenvalue weighted by Gasteiger charge is 2.36. The van der Waals surface area contributed by atoms with Gasteiger partial charge in [-0.25, -0.2) is 9.97 Å². The molecule has 7 nitrogen and oxygen atoms in total. The topological polar surface area (TPSA) is 94.0 Å². The van der Waals surface area contributed by atoms with Gasteiger partial charge in [0.2, 0.25) is 5.95 Å². The van der Waals surface area contributed by atoms with E-state index in [0.717, 1.165) is 44.7 Å². The van der Waals surface area contributed by atoms with Crippen LogP contribution in [0, 0.1) is 0 Å². The zero-order chi connectivity index (χ0) is 15.7. The van der Waals surface area contributed by atoms with Gasteiger partial charge in [-0.1, -0.05) is 18.0 Å². The monoisotopic (exact) mass is 314 g/mol. The zero-order valence-electron chi connectivity index (χ0n) is 13.2. The molecule has 1 aliphatic heterocycles. The molecule has 2 aromatic heterocycles. The van der Waals surface area contributed by atoms with E-state index in [1.54, 1.807) is 6.20 Å². The Kier molecular flexibility index (Phi) is 3.72. The van der Waals surface area contributed by atoms with Crippen LogP contribution < -0.4 is 10.6 Å². The van der Waals surface area contributed by atoms with Crippen LogP contribution >= 0.6 is 0 Å². The van der Waals surface area contributed by atoms with Crippen molar-refractivity contribution in [1.29, 1.82) is 0 Å². The first kappa shape index (κ1) is 14.6. The molecule has 2 aliphatic rings. The molecule has 122 valence electrons. The Labute approximate surface area is 135 Å². The molecule has 0 atom stereocenters. The van der Waals surface area contributed by atoms with Gasteiger partial charge in [0.15, 0.2) is 5.82 Å². The summed E-state index contributed by atoms with van der Waals surface area (Å²) in [4.78, 5) is 15.7. The lowest BCUT2D eigenvalue weighted by Crippen LogP contribution is -2.34. The minimum Gasteiger partial charge on any atom is -0.341 e. The Morgan fingerprint density at radius 1 is 1.04 bits per heavy atom. The van der Waals surface area contributed by atoms with Crippen LogP contribution in [0.3, 0.4) is 0 Å². The molecule has 0 amide bonds. The van der Waals surface area contributed by atoms with E-state index in [2.05, 4.69) is 25.0 Å². The van der Waals surface area contributed by atoms with Crippen molar-refractivity contribution in [1.82, 2.24) is 20.1 Å². The molecule has 0 spiro atoms. The van der Waals surface area contributed by atoms with Gasteiger partial charge in [0.05, 0.1) is 5.54 Å². The normalized spacial score (nSPS) is 20.8. The maximum atomic E-state index is 6.39. The molecule has 0 unspecified atom stereocenters. The highest BCUT2D eigenvalue weighted by Crippen LogP contribution is 2.35. The lowest BCUT2D eigenvalue weighted by molar-refractivity contribution is 0.372. The number of anilines is 1. The summed E-state index contributed by atoms with van der Waals surface area (Å²) >= 11 is 0. The standard InChI is InChI=1S/C16H22N6O/c17-16(7-2-3-8-16)14-20-13(23-21-14)12-6-9-18-15(19-12)22-10-4-1-5-11-22/h6,9H,1-5,7-8,10-11,17H2. The largest absolute Gasteiger partial charge is 0.341 e. The Balaban J connectivity index is 1.59. The van der Waals surface area contributed by atoms with Crippen molar-refractivity contribution in [2.24, 2.45) is 5.73 Å². The van der Waals surface area contributed by atoms with Gasteiger partial charge in [-0.15, -0.1) is 0 Å². The van der Waals surface area contributed by atoms with E-state index in [4.69, 9.17) is 10.3 Å². The fourth-order valence-electron chi connectivity index (χ4n) is 3.47. The third kappa shape index (κ3) is 2.81. The van der Waals surface area contributed by atoms with E-state index in [9.17, 15) is 0 Å². The van der Waals surface area contributed by atoms with Crippen LogP contribution in [0.1, 0.15) is 50.8 Å². The number of aromatic nitrogens is 4. The van der Waals surface area contributed by atoms with Crippen LogP contribution in [0.5, 0.6) is 0 Å². The number of piperidine rings is 1. The van der Waals surface area contributed by atoms with Crippen molar-refractivity contribution < 1.29 is 4.52 Å². The smallest absolute Gasteiger partial charge is 0.276 e. The zero-order valence-corrected chi connectivity index (χ0v) is 13.2. The molecule has 2 fully saturated rings. The molecule has 1 aliphatic carbocycles. The second kappa shape index (κ2) is 5.88. The molecular formula is C16H22N6O. The highest BCUT2D eigenvalue weighted by atomic mass is 16.5. The number of hydrogen-bond donors (Lipinski definition) is 1. The molecule has 7 heteroatoms. The predicted octanol–water partition coefficient (Wildman–Crippen LogP) is 2.24. The number of nitrogens with two attached hydrogens (primary N) is 1. The second-order valence-corrected chi connectivity index (χ2v) is 6.58. The lowest BCUT2D eigenvalue weighted by atomic mass is 9.99. The van der Waals surface area contributed by atoms with Crippen LogP contribution in [-0.2, 0) is 5.54 Å². The first-order valence-corrected chi connectivity index (χ1v) is 8.46. The average Bonchev–Trinajstić information content (AvgIpc) is 3.26. The summed E-state index contributed by atoms with van der Waals surface area (Å²) < 4.78 is 5.42. The van der Waals surface area contributed by atoms with E-state index >= 15 is 0 Å². The number of nitrogens with zero attached hydrogens (tertiary/aromatic N) is 5. The SMILES string of the molecule is NC1(c2noc(-c3ccnc(N4CCCCC4)n3)n2)CCCC1. The van der Waals surface area contributed by atoms with Crippen molar-refractivity contribution in [3.63, 3.8) is 0 Å². The van der Waals surface area contributed by atoms with Crippen molar-refractivity contribution in [3.8, 4) is 11.6 Å². The summed E-state index contributed by atoms with van der Waals surface area (Å²) in [6, 6.07) is 1.81. The van der Waals surface area contributed by atoms with Crippen LogP contribution in [0.4, 0.5) is 5.95 Å². The van der Waals surface area contributed by atoms with E-state index in [1.807, 2.05) is 6.07 Å². The lowest BCUT2D eigenvalue weighted by Gasteiger charge is -2.26. The van der Waals surface area contributed by atoms with Crippen LogP contribution in [0.25, 0.3) is 11.6 Å². The van der Waals surface area contributed by atoms with Gasteiger partial charge in [-0.2, -0.15) is 4.98 Å². The summed E-state index contributed by atoms with van der Waals surface area (Å²) in [5, 5.41) is 4.10. The maximum Gasteiger partial charge on any atom is 0.276 e. The Hall–Kier alpha value is -2.02. The first-order valence-electron chi connectivity index (χ1n) is 8.46. The molecule has 3 heterocycles. The van der Waals surface area contributed by atoms with E-state index < -0.39 is 5.54 Å². The molecule has 2 aromatic rings. The predicted molar refractivity (Wildman–Crippen MR) is 85.7 cm³/mol. The van der Waals surface area contributed by atoms with Gasteiger partial charge >= 0.3 is 0 Å². The quantitative estimate of drug-likeness (QED) is 0.928. The highest BCUT2D eigenvalue weighted by molar-refractivity contribution is 5.49. The van der Waals surface area contributed by atoms with Gasteiger partial charge in [-0.3, -0.25) is 0 Å². The summed E-state index contributed by atoms with van der Waals surface area (Å²) in [5.74, 6) is 1.77. The van der Waals surface area contributed by atoms with Crippen molar-refractivity contribution in [3.05, 3.63) is 18.1 Å². The van der Waals surface area contributed by atoms with E-state index in [1.165, 1.54) is 19.3 Å². The third-order valence-corrected chi connectivity index (χ3v) is 4.87. The molecule has 1 saturated carbocycles. The van der Waals surface area contributed by atoms with E-state index in [-0.39, 0.29) is 0 Å². The molecule has 23 heavy (non-hydrogen) atoms. The fourth-order valence-corrected chi connectivity index (χ4v) is 3.47. The van der Waals surface area contributed by atoms with Crippen LogP contribution in [0.2, 0.25) is 0 Å². The van der Waals surface area contributed by atoms with Gasteiger partial charge in [0, 0.05) is 19.3 Å². The van der Waals surface area contributed by atoms with Crippen molar-refractivity contribution >= 4 is 5.95 Å². The Morgan fingerprint density at radius 3 is 2.61 bits per heavy atom. The molecule has 1 saturated heterocycles. The van der Waals surface area contributed by atoms with Gasteiger partial charge in [-0.05, 0) is 38.2 Å². The second-order valence-electron chi connectivity index (χ2n) is 6.58. The Morgan fingerprint density at radius 2 is 1.83 bits per heavy atom. The first-order chi connectivity index (χ1) is 11.2. The molecule has 4 rings (SSSR count). The van der Waals surface area contributed by atoms with E-state index in [0.29, 0.717) is 17.4 Å². The maximum absolute atomic E-state index is 6.39. The summed E-state index contributed by atoms with van der Waals surface area (Å²) in [5.41, 5.74) is 6.62. The Bertz CT molecular complexity index is 673. The number of rotatable bonds is 3. The summed E-state index contributed by atoms with van der Waals surface area (Å²) in [6.07, 6.45) is 9.47. The minimum absolute atomic E-state index is 0.428. The average molecular weight is 314 g/mol. The van der Waals surface area contributed by atoms with Crippen LogP contribution in [0.15, 0.2) is 16.8 Å². The molecular weight excluding hydrogens is 292 g/mol. The van der Waals surface area contributed by atoms with Crippen LogP contribution in [-0.4, -0.2) is 33.2 Å². The molecule has 2 N–H and O–H groups in total. The van der Waals surface area contributed by atoms with Gasteiger partial charge < -0.3 is 15.2 Å². The molecule has 0 aromatic carbocycles. The molecule has 0 radical (unpaired) electrons.